The average molecular weight is 808 g/mol. The molecule has 312 valence electrons. The normalized spacial score (nSPS) is 26.2. The molecule has 17 heteroatoms. The van der Waals surface area contributed by atoms with Gasteiger partial charge in [-0.2, -0.15) is 0 Å². The van der Waals surface area contributed by atoms with Crippen LogP contribution in [0, 0.1) is 31.4 Å². The van der Waals surface area contributed by atoms with Gasteiger partial charge in [0.25, 0.3) is 0 Å². The maximum Gasteiger partial charge on any atom is 0.328 e. The second-order valence-electron chi connectivity index (χ2n) is 15.9. The van der Waals surface area contributed by atoms with Crippen molar-refractivity contribution in [2.45, 2.75) is 109 Å². The minimum Gasteiger partial charge on any atom is -0.461 e. The Balaban J connectivity index is 1.31. The summed E-state index contributed by atoms with van der Waals surface area (Å²) < 4.78 is 34.3. The minimum atomic E-state index is -1.59. The van der Waals surface area contributed by atoms with Crippen molar-refractivity contribution in [3.63, 3.8) is 0 Å². The number of nitrogens with one attached hydrogen (secondary N) is 4. The number of fused-ring (bicyclic) bond motifs is 3. The Labute approximate surface area is 335 Å². The third kappa shape index (κ3) is 9.56. The number of piperidine rings is 1. The molecule has 4 aliphatic heterocycles. The van der Waals surface area contributed by atoms with Crippen molar-refractivity contribution in [2.75, 3.05) is 31.6 Å². The number of ether oxygens (including phenoxy) is 1. The van der Waals surface area contributed by atoms with Crippen molar-refractivity contribution in [2.24, 2.45) is 5.92 Å². The van der Waals surface area contributed by atoms with Gasteiger partial charge >= 0.3 is 12.0 Å². The Morgan fingerprint density at radius 3 is 2.24 bits per heavy atom. The van der Waals surface area contributed by atoms with Gasteiger partial charge in [-0.1, -0.05) is 13.0 Å². The van der Waals surface area contributed by atoms with Gasteiger partial charge in [-0.3, -0.25) is 24.0 Å². The summed E-state index contributed by atoms with van der Waals surface area (Å²) in [5.41, 5.74) is 2.31. The highest BCUT2D eigenvalue weighted by Gasteiger charge is 2.46. The number of carbonyl (C=O) groups excluding carboxylic acids is 7. The monoisotopic (exact) mass is 807 g/mol. The smallest absolute Gasteiger partial charge is 0.328 e. The number of esters is 1. The molecular weight excluding hydrogens is 756 g/mol. The van der Waals surface area contributed by atoms with E-state index in [1.54, 1.807) is 18.2 Å². The summed E-state index contributed by atoms with van der Waals surface area (Å²) in [6, 6.07) is 0.0169. The predicted molar refractivity (Wildman–Crippen MR) is 206 cm³/mol. The minimum absolute atomic E-state index is 0.0274. The van der Waals surface area contributed by atoms with Crippen molar-refractivity contribution >= 4 is 47.2 Å². The molecule has 4 aliphatic rings. The third-order valence-corrected chi connectivity index (χ3v) is 11.5. The fourth-order valence-electron chi connectivity index (χ4n) is 8.31. The zero-order valence-corrected chi connectivity index (χ0v) is 33.1. The lowest BCUT2D eigenvalue weighted by Crippen LogP contribution is -2.62. The van der Waals surface area contributed by atoms with Crippen LogP contribution in [0.2, 0.25) is 0 Å². The van der Waals surface area contributed by atoms with E-state index >= 15 is 0 Å². The van der Waals surface area contributed by atoms with Crippen molar-refractivity contribution in [1.82, 2.24) is 30.7 Å². The number of aryl methyl sites for hydroxylation is 2. The molecule has 7 amide bonds. The summed E-state index contributed by atoms with van der Waals surface area (Å²) in [6.45, 7) is 7.05. The van der Waals surface area contributed by atoms with E-state index in [1.165, 1.54) is 21.6 Å². The molecule has 15 nitrogen and oxygen atoms in total. The summed E-state index contributed by atoms with van der Waals surface area (Å²) in [6.07, 6.45) is 2.21. The number of halogens is 2. The number of benzene rings is 2. The Bertz CT molecular complexity index is 1940. The van der Waals surface area contributed by atoms with E-state index in [-0.39, 0.29) is 44.0 Å². The van der Waals surface area contributed by atoms with Gasteiger partial charge in [-0.25, -0.2) is 18.4 Å². The van der Waals surface area contributed by atoms with Crippen molar-refractivity contribution in [1.29, 1.82) is 0 Å². The number of hydrogen-bond acceptors (Lipinski definition) is 8. The van der Waals surface area contributed by atoms with E-state index in [0.29, 0.717) is 37.4 Å². The molecule has 6 rings (SSSR count). The molecule has 0 bridgehead atoms. The lowest BCUT2D eigenvalue weighted by molar-refractivity contribution is -0.158. The Morgan fingerprint density at radius 1 is 0.828 bits per heavy atom. The van der Waals surface area contributed by atoms with Gasteiger partial charge in [0.2, 0.25) is 29.5 Å². The summed E-state index contributed by atoms with van der Waals surface area (Å²) in [4.78, 5) is 101. The number of anilines is 1. The fraction of sp³-hybridized carbons (Fsp3) is 0.537. The molecule has 0 aliphatic carbocycles. The van der Waals surface area contributed by atoms with E-state index in [1.807, 2.05) is 20.8 Å². The highest BCUT2D eigenvalue weighted by molar-refractivity contribution is 5.98. The van der Waals surface area contributed by atoms with E-state index in [0.717, 1.165) is 23.3 Å². The van der Waals surface area contributed by atoms with Crippen LogP contribution in [0.4, 0.5) is 19.3 Å². The number of carbonyl (C=O) groups is 7. The Morgan fingerprint density at radius 2 is 1.52 bits per heavy atom. The molecule has 0 unspecified atom stereocenters. The van der Waals surface area contributed by atoms with Crippen molar-refractivity contribution in [3.8, 4) is 0 Å². The molecule has 58 heavy (non-hydrogen) atoms. The molecule has 0 aromatic heterocycles. The van der Waals surface area contributed by atoms with Gasteiger partial charge in [0.05, 0.1) is 0 Å². The second-order valence-corrected chi connectivity index (χ2v) is 15.9. The van der Waals surface area contributed by atoms with Gasteiger partial charge in [0.15, 0.2) is 0 Å². The highest BCUT2D eigenvalue weighted by Crippen LogP contribution is 2.28. The summed E-state index contributed by atoms with van der Waals surface area (Å²) in [7, 11) is 0. The highest BCUT2D eigenvalue weighted by atomic mass is 19.1. The standard InChI is InChI=1S/C41H51F2N7O8/c1-22-14-34-40(56)58-21-31(46-35(51)30(18-26-16-27(42)19-28(43)17-26)47-41(57)45-29-11-10-23(2)24(3)15-29)38(54)49-13-7-9-33(49)39(55)48-12-6-5-8-32(48)36(52)44-25(4)37(53)50(34)20-22/h10-11,15-17,19,22,25,30-34H,5-9,12-14,18,20-21H2,1-4H3,(H,44,52)(H,46,51)(H2,45,47,57)/t22-,25+,30+,31+,32+,33+,34+/m1/s1. The van der Waals surface area contributed by atoms with Gasteiger partial charge < -0.3 is 40.7 Å². The van der Waals surface area contributed by atoms with E-state index in [4.69, 9.17) is 4.74 Å². The van der Waals surface area contributed by atoms with Gasteiger partial charge in [-0.05, 0) is 106 Å². The predicted octanol–water partition coefficient (Wildman–Crippen LogP) is 2.47. The van der Waals surface area contributed by atoms with Crippen LogP contribution in [0.3, 0.4) is 0 Å². The van der Waals surface area contributed by atoms with Crippen molar-refractivity contribution in [3.05, 3.63) is 64.7 Å². The van der Waals surface area contributed by atoms with Gasteiger partial charge in [-0.15, -0.1) is 0 Å². The molecule has 0 spiro atoms. The first kappa shape index (κ1) is 42.0. The van der Waals surface area contributed by atoms with Crippen LogP contribution in [0.1, 0.15) is 69.1 Å². The molecular formula is C41H51F2N7O8. The zero-order valence-electron chi connectivity index (χ0n) is 33.1. The lowest BCUT2D eigenvalue weighted by Gasteiger charge is -2.39. The molecule has 4 fully saturated rings. The topological polar surface area (TPSA) is 187 Å². The molecule has 7 atom stereocenters. The van der Waals surface area contributed by atoms with Crippen molar-refractivity contribution < 1.29 is 47.1 Å². The number of nitrogens with zero attached hydrogens (tertiary/aromatic N) is 3. The van der Waals surface area contributed by atoms with Crippen LogP contribution in [0.25, 0.3) is 0 Å². The first-order valence-corrected chi connectivity index (χ1v) is 19.9. The molecule has 2 aromatic carbocycles. The second kappa shape index (κ2) is 17.9. The number of hydrogen-bond donors (Lipinski definition) is 4. The van der Waals surface area contributed by atoms with Gasteiger partial charge in [0, 0.05) is 37.8 Å². The SMILES string of the molecule is Cc1ccc(NC(=O)N[C@@H](Cc2cc(F)cc(F)c2)C(=O)N[C@H]2COC(=O)[C@@H]3C[C@@H](C)CN3C(=O)[C@H](C)NC(=O)[C@@H]3CCCCN3C(=O)[C@@H]3CCCN3C2=O)cc1C. The fourth-order valence-corrected chi connectivity index (χ4v) is 8.31. The summed E-state index contributed by atoms with van der Waals surface area (Å²) >= 11 is 0. The largest absolute Gasteiger partial charge is 0.461 e. The molecule has 4 saturated heterocycles. The maximum atomic E-state index is 14.5. The quantitative estimate of drug-likeness (QED) is 0.321. The molecule has 2 aromatic rings. The first-order valence-electron chi connectivity index (χ1n) is 19.9. The van der Waals surface area contributed by atoms with Crippen LogP contribution in [-0.4, -0.2) is 119 Å². The first-order chi connectivity index (χ1) is 27.6. The third-order valence-electron chi connectivity index (χ3n) is 11.5. The number of amides is 7. The number of urea groups is 1. The summed E-state index contributed by atoms with van der Waals surface area (Å²) in [5.74, 6) is -5.92. The number of rotatable bonds is 6. The van der Waals surface area contributed by atoms with Crippen LogP contribution in [-0.2, 0) is 39.9 Å². The van der Waals surface area contributed by atoms with E-state index in [9.17, 15) is 42.3 Å². The lowest BCUT2D eigenvalue weighted by atomic mass is 9.99. The molecule has 4 heterocycles. The maximum absolute atomic E-state index is 14.5. The zero-order chi connectivity index (χ0) is 41.8. The van der Waals surface area contributed by atoms with Gasteiger partial charge in [0.1, 0.15) is 54.5 Å². The van der Waals surface area contributed by atoms with Crippen LogP contribution in [0.15, 0.2) is 36.4 Å². The Kier molecular flexibility index (Phi) is 13.0. The summed E-state index contributed by atoms with van der Waals surface area (Å²) in [5, 5.41) is 10.6. The van der Waals surface area contributed by atoms with E-state index in [2.05, 4.69) is 21.3 Å². The molecule has 0 saturated carbocycles. The molecule has 4 N–H and O–H groups in total. The van der Waals surface area contributed by atoms with Crippen LogP contribution >= 0.6 is 0 Å². The Hall–Kier alpha value is -5.61. The van der Waals surface area contributed by atoms with Crippen LogP contribution in [0.5, 0.6) is 0 Å². The average Bonchev–Trinajstić information content (AvgIpc) is 3.83. The van der Waals surface area contributed by atoms with E-state index < -0.39 is 102 Å². The number of cyclic esters (lactones) is 1. The molecule has 0 radical (unpaired) electrons. The van der Waals surface area contributed by atoms with Crippen LogP contribution < -0.4 is 21.3 Å².